The lowest BCUT2D eigenvalue weighted by molar-refractivity contribution is -0.124. The molecule has 0 aliphatic rings. The molecular formula is C29H33ClN6O4. The van der Waals surface area contributed by atoms with E-state index < -0.39 is 5.60 Å². The van der Waals surface area contributed by atoms with Crippen LogP contribution in [-0.2, 0) is 16.2 Å². The Bertz CT molecular complexity index is 1510. The standard InChI is InChI=1S/C29H33ClN6O4/c1-5-39-35-19(2)20-7-6-8-22(15-20)40-25-10-9-21(16-23(25)30)34-28-27-24(32-18-33-28)11-13-36(27)14-12-31-26(37)17-29(3,4)38/h6-11,13,15-16,18,38H,5,12,14,17H2,1-4H3,(H,31,37)(H,32,33,34)/b35-19+. The molecule has 3 N–H and O–H groups in total. The molecule has 0 saturated heterocycles. The Morgan fingerprint density at radius 2 is 2.00 bits per heavy atom. The Hall–Kier alpha value is -4.15. The van der Waals surface area contributed by atoms with E-state index in [1.54, 1.807) is 26.0 Å². The van der Waals surface area contributed by atoms with Crippen LogP contribution in [0.1, 0.15) is 39.7 Å². The van der Waals surface area contributed by atoms with Crippen molar-refractivity contribution >= 4 is 45.8 Å². The lowest BCUT2D eigenvalue weighted by Gasteiger charge is -2.16. The van der Waals surface area contributed by atoms with Gasteiger partial charge in [-0.2, -0.15) is 0 Å². The molecule has 0 aliphatic carbocycles. The highest BCUT2D eigenvalue weighted by Gasteiger charge is 2.18. The monoisotopic (exact) mass is 564 g/mol. The van der Waals surface area contributed by atoms with Crippen LogP contribution in [0.2, 0.25) is 5.02 Å². The first-order chi connectivity index (χ1) is 19.1. The van der Waals surface area contributed by atoms with Gasteiger partial charge in [0.05, 0.1) is 28.3 Å². The molecule has 4 rings (SSSR count). The summed E-state index contributed by atoms with van der Waals surface area (Å²) in [5.41, 5.74) is 2.84. The van der Waals surface area contributed by atoms with Crippen molar-refractivity contribution in [3.63, 3.8) is 0 Å². The highest BCUT2D eigenvalue weighted by Crippen LogP contribution is 2.33. The number of nitrogens with zero attached hydrogens (tertiary/aromatic N) is 4. The van der Waals surface area contributed by atoms with Gasteiger partial charge in [0.2, 0.25) is 5.91 Å². The summed E-state index contributed by atoms with van der Waals surface area (Å²) < 4.78 is 8.01. The first-order valence-electron chi connectivity index (χ1n) is 12.9. The summed E-state index contributed by atoms with van der Waals surface area (Å²) >= 11 is 6.58. The minimum Gasteiger partial charge on any atom is -0.456 e. The van der Waals surface area contributed by atoms with Crippen molar-refractivity contribution in [2.24, 2.45) is 5.16 Å². The van der Waals surface area contributed by atoms with E-state index >= 15 is 0 Å². The summed E-state index contributed by atoms with van der Waals surface area (Å²) in [5.74, 6) is 1.51. The quantitative estimate of drug-likeness (QED) is 0.150. The number of carbonyl (C=O) groups is 1. The molecular weight excluding hydrogens is 532 g/mol. The maximum Gasteiger partial charge on any atom is 0.222 e. The van der Waals surface area contributed by atoms with E-state index in [1.165, 1.54) is 6.33 Å². The van der Waals surface area contributed by atoms with Crippen LogP contribution in [0, 0.1) is 0 Å². The fourth-order valence-corrected chi connectivity index (χ4v) is 4.22. The molecule has 2 heterocycles. The molecule has 210 valence electrons. The Morgan fingerprint density at radius 3 is 2.75 bits per heavy atom. The van der Waals surface area contributed by atoms with Gasteiger partial charge in [-0.25, -0.2) is 9.97 Å². The van der Waals surface area contributed by atoms with Gasteiger partial charge in [-0.1, -0.05) is 28.9 Å². The number of hydrogen-bond donors (Lipinski definition) is 3. The lowest BCUT2D eigenvalue weighted by Crippen LogP contribution is -2.33. The van der Waals surface area contributed by atoms with Gasteiger partial charge in [0.25, 0.3) is 0 Å². The lowest BCUT2D eigenvalue weighted by atomic mass is 10.1. The average Bonchev–Trinajstić information content (AvgIpc) is 3.32. The Labute approximate surface area is 238 Å². The second-order valence-electron chi connectivity index (χ2n) is 9.80. The second-order valence-corrected chi connectivity index (χ2v) is 10.2. The van der Waals surface area contributed by atoms with Crippen molar-refractivity contribution in [3.8, 4) is 11.5 Å². The summed E-state index contributed by atoms with van der Waals surface area (Å²) in [5, 5.41) is 20.5. The molecule has 4 aromatic rings. The van der Waals surface area contributed by atoms with Gasteiger partial charge < -0.3 is 29.9 Å². The van der Waals surface area contributed by atoms with Crippen LogP contribution in [-0.4, -0.2) is 50.0 Å². The predicted molar refractivity (Wildman–Crippen MR) is 157 cm³/mol. The molecule has 0 radical (unpaired) electrons. The average molecular weight is 565 g/mol. The van der Waals surface area contributed by atoms with E-state index in [2.05, 4.69) is 25.8 Å². The van der Waals surface area contributed by atoms with Crippen molar-refractivity contribution in [1.82, 2.24) is 19.9 Å². The first kappa shape index (κ1) is 28.8. The minimum absolute atomic E-state index is 0.0308. The zero-order valence-electron chi connectivity index (χ0n) is 22.9. The molecule has 0 aliphatic heterocycles. The molecule has 0 unspecified atom stereocenters. The van der Waals surface area contributed by atoms with Gasteiger partial charge in [-0.3, -0.25) is 4.79 Å². The number of anilines is 2. The summed E-state index contributed by atoms with van der Waals surface area (Å²) in [6.45, 7) is 8.35. The Kier molecular flexibility index (Phi) is 9.23. The van der Waals surface area contributed by atoms with E-state index in [9.17, 15) is 9.90 Å². The number of benzene rings is 2. The molecule has 1 amide bonds. The Balaban J connectivity index is 1.46. The van der Waals surface area contributed by atoms with Crippen molar-refractivity contribution in [2.45, 2.75) is 46.3 Å². The first-order valence-corrected chi connectivity index (χ1v) is 13.3. The third-order valence-corrected chi connectivity index (χ3v) is 6.12. The number of ether oxygens (including phenoxy) is 1. The third kappa shape index (κ3) is 7.71. The fraction of sp³-hybridized carbons (Fsp3) is 0.310. The van der Waals surface area contributed by atoms with Crippen molar-refractivity contribution < 1.29 is 19.5 Å². The van der Waals surface area contributed by atoms with Crippen LogP contribution in [0.15, 0.2) is 66.2 Å². The van der Waals surface area contributed by atoms with Crippen LogP contribution in [0.25, 0.3) is 11.0 Å². The number of carbonyl (C=O) groups excluding carboxylic acids is 1. The molecule has 0 atom stereocenters. The molecule has 2 aromatic heterocycles. The third-order valence-electron chi connectivity index (χ3n) is 5.82. The van der Waals surface area contributed by atoms with Gasteiger partial charge in [0, 0.05) is 30.5 Å². The van der Waals surface area contributed by atoms with Gasteiger partial charge >= 0.3 is 0 Å². The van der Waals surface area contributed by atoms with Gasteiger partial charge in [-0.05, 0) is 64.1 Å². The van der Waals surface area contributed by atoms with Crippen molar-refractivity contribution in [2.75, 3.05) is 18.5 Å². The molecule has 0 saturated carbocycles. The molecule has 40 heavy (non-hydrogen) atoms. The summed E-state index contributed by atoms with van der Waals surface area (Å²) in [6.07, 6.45) is 3.41. The van der Waals surface area contributed by atoms with Crippen LogP contribution in [0.5, 0.6) is 11.5 Å². The molecule has 0 bridgehead atoms. The molecule has 0 fully saturated rings. The number of rotatable bonds is 12. The smallest absolute Gasteiger partial charge is 0.222 e. The second kappa shape index (κ2) is 12.8. The highest BCUT2D eigenvalue weighted by molar-refractivity contribution is 6.32. The number of aliphatic hydroxyl groups is 1. The van der Waals surface area contributed by atoms with Crippen LogP contribution in [0.4, 0.5) is 11.5 Å². The van der Waals surface area contributed by atoms with Crippen molar-refractivity contribution in [3.05, 3.63) is 71.6 Å². The maximum absolute atomic E-state index is 12.1. The van der Waals surface area contributed by atoms with Crippen LogP contribution in [0.3, 0.4) is 0 Å². The van der Waals surface area contributed by atoms with Crippen LogP contribution < -0.4 is 15.4 Å². The van der Waals surface area contributed by atoms with E-state index in [4.69, 9.17) is 21.2 Å². The number of halogens is 1. The largest absolute Gasteiger partial charge is 0.456 e. The zero-order chi connectivity index (χ0) is 28.7. The minimum atomic E-state index is -1.06. The highest BCUT2D eigenvalue weighted by atomic mass is 35.5. The SMILES string of the molecule is CCO/N=C(\C)c1cccc(Oc2ccc(Nc3ncnc4ccn(CCNC(=O)CC(C)(C)O)c34)cc2Cl)c1. The normalized spacial score (nSPS) is 11.9. The zero-order valence-corrected chi connectivity index (χ0v) is 23.7. The maximum atomic E-state index is 12.1. The fourth-order valence-electron chi connectivity index (χ4n) is 4.01. The topological polar surface area (TPSA) is 123 Å². The van der Waals surface area contributed by atoms with E-state index in [0.29, 0.717) is 42.0 Å². The number of fused-ring (bicyclic) bond motifs is 1. The van der Waals surface area contributed by atoms with Crippen LogP contribution >= 0.6 is 11.6 Å². The van der Waals surface area contributed by atoms with Crippen molar-refractivity contribution in [1.29, 1.82) is 0 Å². The van der Waals surface area contributed by atoms with Gasteiger partial charge in [-0.15, -0.1) is 0 Å². The summed E-state index contributed by atoms with van der Waals surface area (Å²) in [4.78, 5) is 26.0. The van der Waals surface area contributed by atoms with Gasteiger partial charge in [0.1, 0.15) is 29.9 Å². The Morgan fingerprint density at radius 1 is 1.18 bits per heavy atom. The molecule has 10 nitrogen and oxygen atoms in total. The number of oxime groups is 1. The van der Waals surface area contributed by atoms with E-state index in [0.717, 1.165) is 28.0 Å². The van der Waals surface area contributed by atoms with E-state index in [1.807, 2.05) is 61.0 Å². The van der Waals surface area contributed by atoms with Gasteiger partial charge in [0.15, 0.2) is 5.82 Å². The summed E-state index contributed by atoms with van der Waals surface area (Å²) in [7, 11) is 0. The predicted octanol–water partition coefficient (Wildman–Crippen LogP) is 5.66. The summed E-state index contributed by atoms with van der Waals surface area (Å²) in [6, 6.07) is 14.8. The van der Waals surface area contributed by atoms with E-state index in [-0.39, 0.29) is 12.3 Å². The number of aromatic nitrogens is 3. The molecule has 0 spiro atoms. The molecule has 2 aromatic carbocycles. The molecule has 11 heteroatoms. The number of hydrogen-bond acceptors (Lipinski definition) is 8. The number of nitrogens with one attached hydrogen (secondary N) is 2. The number of amides is 1.